The number of benzene rings is 1. The van der Waals surface area contributed by atoms with Gasteiger partial charge in [0.1, 0.15) is 5.60 Å². The predicted molar refractivity (Wildman–Crippen MR) is 93.6 cm³/mol. The van der Waals surface area contributed by atoms with E-state index in [-0.39, 0.29) is 18.9 Å². The van der Waals surface area contributed by atoms with Gasteiger partial charge < -0.3 is 15.2 Å². The van der Waals surface area contributed by atoms with Crippen molar-refractivity contribution in [1.82, 2.24) is 5.32 Å². The number of esters is 1. The van der Waals surface area contributed by atoms with Crippen molar-refractivity contribution in [3.05, 3.63) is 38.8 Å². The third kappa shape index (κ3) is 6.45. The van der Waals surface area contributed by atoms with Crippen LogP contribution in [0.3, 0.4) is 0 Å². The molecule has 8 heteroatoms. The molecular weight excluding hydrogens is 324 g/mol. The van der Waals surface area contributed by atoms with Gasteiger partial charge in [-0.1, -0.05) is 11.2 Å². The van der Waals surface area contributed by atoms with Crippen LogP contribution in [0.5, 0.6) is 0 Å². The molecule has 0 aliphatic rings. The van der Waals surface area contributed by atoms with Crippen LogP contribution in [0.25, 0.3) is 10.4 Å². The Hall–Kier alpha value is -2.57. The molecule has 136 valence electrons. The van der Waals surface area contributed by atoms with Crippen LogP contribution < -0.4 is 5.32 Å². The molecule has 1 rings (SSSR count). The highest BCUT2D eigenvalue weighted by Gasteiger charge is 2.17. The van der Waals surface area contributed by atoms with Crippen LogP contribution in [0, 0.1) is 13.8 Å². The summed E-state index contributed by atoms with van der Waals surface area (Å²) in [5, 5.41) is 15.7. The molecule has 0 spiro atoms. The van der Waals surface area contributed by atoms with Gasteiger partial charge >= 0.3 is 11.9 Å². The van der Waals surface area contributed by atoms with Crippen LogP contribution in [0.2, 0.25) is 0 Å². The summed E-state index contributed by atoms with van der Waals surface area (Å²) in [6.07, 6.45) is -0.168. The molecule has 1 aromatic rings. The van der Waals surface area contributed by atoms with Gasteiger partial charge in [-0.3, -0.25) is 9.59 Å². The molecular formula is C17H24N4O4. The molecule has 0 saturated carbocycles. The third-order valence-electron chi connectivity index (χ3n) is 3.51. The summed E-state index contributed by atoms with van der Waals surface area (Å²) >= 11 is 0. The Labute approximate surface area is 146 Å². The number of ether oxygens (including phenoxy) is 1. The van der Waals surface area contributed by atoms with Gasteiger partial charge in [0.25, 0.3) is 0 Å². The van der Waals surface area contributed by atoms with E-state index in [1.54, 1.807) is 40.7 Å². The van der Waals surface area contributed by atoms with Crippen molar-refractivity contribution in [3.8, 4) is 0 Å². The van der Waals surface area contributed by atoms with Crippen molar-refractivity contribution >= 4 is 17.6 Å². The maximum atomic E-state index is 11.7. The minimum atomic E-state index is -0.966. The zero-order valence-electron chi connectivity index (χ0n) is 15.2. The molecule has 0 radical (unpaired) electrons. The summed E-state index contributed by atoms with van der Waals surface area (Å²) in [6, 6.07) is 1.76. The molecule has 0 aromatic heterocycles. The third-order valence-corrected chi connectivity index (χ3v) is 3.51. The highest BCUT2D eigenvalue weighted by Crippen LogP contribution is 2.30. The molecule has 8 nitrogen and oxygen atoms in total. The maximum Gasteiger partial charge on any atom is 0.320 e. The zero-order valence-corrected chi connectivity index (χ0v) is 15.2. The second-order valence-corrected chi connectivity index (χ2v) is 6.74. The van der Waals surface area contributed by atoms with Crippen molar-refractivity contribution in [3.63, 3.8) is 0 Å². The van der Waals surface area contributed by atoms with Gasteiger partial charge in [0.05, 0.1) is 13.0 Å². The average molecular weight is 348 g/mol. The number of carboxylic acids is 1. The standard InChI is InChI=1S/C17H24N4O4/c1-10-12(7-14(22)23)6-13(11(2)16(10)20-21-18)8-19-9-15(24)25-17(3,4)5/h6,19H,7-9H2,1-5H3,(H,22,23). The molecule has 0 aliphatic carbocycles. The van der Waals surface area contributed by atoms with Crippen LogP contribution in [-0.2, 0) is 27.3 Å². The number of rotatable bonds is 7. The van der Waals surface area contributed by atoms with Gasteiger partial charge in [-0.05, 0) is 62.4 Å². The lowest BCUT2D eigenvalue weighted by molar-refractivity contribution is -0.153. The topological polar surface area (TPSA) is 124 Å². The number of hydrogen-bond donors (Lipinski definition) is 2. The Morgan fingerprint density at radius 3 is 2.40 bits per heavy atom. The largest absolute Gasteiger partial charge is 0.481 e. The van der Waals surface area contributed by atoms with Gasteiger partial charge in [0, 0.05) is 17.1 Å². The monoisotopic (exact) mass is 348 g/mol. The lowest BCUT2D eigenvalue weighted by atomic mass is 9.95. The number of carbonyl (C=O) groups is 2. The van der Waals surface area contributed by atoms with E-state index in [0.717, 1.165) is 11.1 Å². The molecule has 0 saturated heterocycles. The summed E-state index contributed by atoms with van der Waals surface area (Å²) in [7, 11) is 0. The van der Waals surface area contributed by atoms with E-state index in [0.29, 0.717) is 23.4 Å². The first-order chi connectivity index (χ1) is 11.5. The van der Waals surface area contributed by atoms with Gasteiger partial charge in [0.2, 0.25) is 0 Å². The zero-order chi connectivity index (χ0) is 19.2. The minimum Gasteiger partial charge on any atom is -0.481 e. The average Bonchev–Trinajstić information content (AvgIpc) is 2.45. The molecule has 0 amide bonds. The quantitative estimate of drug-likeness (QED) is 0.338. The first kappa shape index (κ1) is 20.5. The van der Waals surface area contributed by atoms with Crippen LogP contribution in [0.15, 0.2) is 11.2 Å². The number of carboxylic acid groups (broad SMARTS) is 1. The predicted octanol–water partition coefficient (Wildman–Crippen LogP) is 3.30. The molecule has 0 bridgehead atoms. The second kappa shape index (κ2) is 8.50. The Bertz CT molecular complexity index is 716. The second-order valence-electron chi connectivity index (χ2n) is 6.74. The van der Waals surface area contributed by atoms with Crippen molar-refractivity contribution in [2.75, 3.05) is 6.54 Å². The van der Waals surface area contributed by atoms with E-state index in [2.05, 4.69) is 15.3 Å². The maximum absolute atomic E-state index is 11.7. The summed E-state index contributed by atoms with van der Waals surface area (Å²) in [4.78, 5) is 25.6. The fourth-order valence-electron chi connectivity index (χ4n) is 2.41. The number of nitrogens with zero attached hydrogens (tertiary/aromatic N) is 3. The van der Waals surface area contributed by atoms with Gasteiger partial charge in [-0.2, -0.15) is 0 Å². The highest BCUT2D eigenvalue weighted by molar-refractivity contribution is 5.73. The van der Waals surface area contributed by atoms with E-state index in [9.17, 15) is 9.59 Å². The Balaban J connectivity index is 2.98. The van der Waals surface area contributed by atoms with Crippen LogP contribution in [-0.4, -0.2) is 29.2 Å². The number of nitrogens with one attached hydrogen (secondary N) is 1. The summed E-state index contributed by atoms with van der Waals surface area (Å²) in [5.74, 6) is -1.34. The molecule has 25 heavy (non-hydrogen) atoms. The summed E-state index contributed by atoms with van der Waals surface area (Å²) in [6.45, 7) is 9.25. The number of carbonyl (C=O) groups excluding carboxylic acids is 1. The van der Waals surface area contributed by atoms with E-state index in [1.165, 1.54) is 0 Å². The summed E-state index contributed by atoms with van der Waals surface area (Å²) in [5.41, 5.74) is 11.4. The Morgan fingerprint density at radius 1 is 1.28 bits per heavy atom. The Morgan fingerprint density at radius 2 is 1.88 bits per heavy atom. The van der Waals surface area contributed by atoms with Crippen LogP contribution >= 0.6 is 0 Å². The molecule has 1 aromatic carbocycles. The molecule has 0 heterocycles. The SMILES string of the molecule is Cc1c(CNCC(=O)OC(C)(C)C)cc(CC(=O)O)c(C)c1N=[N+]=[N-]. The van der Waals surface area contributed by atoms with E-state index >= 15 is 0 Å². The molecule has 2 N–H and O–H groups in total. The molecule has 0 atom stereocenters. The lowest BCUT2D eigenvalue weighted by Crippen LogP contribution is -2.31. The van der Waals surface area contributed by atoms with Gasteiger partial charge in [0.15, 0.2) is 0 Å². The molecule has 0 unspecified atom stereocenters. The van der Waals surface area contributed by atoms with Gasteiger partial charge in [-0.25, -0.2) is 0 Å². The minimum absolute atomic E-state index is 0.0235. The fourth-order valence-corrected chi connectivity index (χ4v) is 2.41. The smallest absolute Gasteiger partial charge is 0.320 e. The highest BCUT2D eigenvalue weighted by atomic mass is 16.6. The van der Waals surface area contributed by atoms with Crippen molar-refractivity contribution in [2.45, 2.75) is 53.2 Å². The fraction of sp³-hybridized carbons (Fsp3) is 0.529. The van der Waals surface area contributed by atoms with Crippen LogP contribution in [0.1, 0.15) is 43.0 Å². The molecule has 0 aliphatic heterocycles. The number of azide groups is 1. The summed E-state index contributed by atoms with van der Waals surface area (Å²) < 4.78 is 5.22. The molecule has 0 fully saturated rings. The Kier molecular flexibility index (Phi) is 6.97. The normalized spacial score (nSPS) is 10.9. The lowest BCUT2D eigenvalue weighted by Gasteiger charge is -2.20. The first-order valence-corrected chi connectivity index (χ1v) is 7.86. The van der Waals surface area contributed by atoms with Crippen molar-refractivity contribution in [1.29, 1.82) is 0 Å². The van der Waals surface area contributed by atoms with E-state index < -0.39 is 11.6 Å². The van der Waals surface area contributed by atoms with E-state index in [4.69, 9.17) is 15.4 Å². The number of hydrogen-bond acceptors (Lipinski definition) is 5. The number of aliphatic carboxylic acids is 1. The first-order valence-electron chi connectivity index (χ1n) is 7.86. The van der Waals surface area contributed by atoms with E-state index in [1.807, 2.05) is 0 Å². The van der Waals surface area contributed by atoms with Gasteiger partial charge in [-0.15, -0.1) is 0 Å². The van der Waals surface area contributed by atoms with Crippen molar-refractivity contribution < 1.29 is 19.4 Å². The van der Waals surface area contributed by atoms with Crippen LogP contribution in [0.4, 0.5) is 5.69 Å². The van der Waals surface area contributed by atoms with Crippen molar-refractivity contribution in [2.24, 2.45) is 5.11 Å².